The first-order chi connectivity index (χ1) is 11.5. The van der Waals surface area contributed by atoms with Gasteiger partial charge in [0.05, 0.1) is 18.4 Å². The predicted octanol–water partition coefficient (Wildman–Crippen LogP) is 4.47. The van der Waals surface area contributed by atoms with Crippen LogP contribution in [0.3, 0.4) is 0 Å². The molecule has 0 unspecified atom stereocenters. The van der Waals surface area contributed by atoms with Crippen LogP contribution in [0.1, 0.15) is 11.3 Å². The molecule has 6 heteroatoms. The van der Waals surface area contributed by atoms with Gasteiger partial charge < -0.3 is 9.73 Å². The molecule has 122 valence electrons. The molecular formula is C18H13F3N2O. The maximum atomic E-state index is 12.7. The number of rotatable bonds is 2. The molecule has 0 amide bonds. The Morgan fingerprint density at radius 2 is 1.75 bits per heavy atom. The van der Waals surface area contributed by atoms with E-state index in [-0.39, 0.29) is 0 Å². The first-order valence-corrected chi connectivity index (χ1v) is 7.50. The average Bonchev–Trinajstić information content (AvgIpc) is 3.22. The van der Waals surface area contributed by atoms with Gasteiger partial charge in [0.1, 0.15) is 0 Å². The molecule has 0 fully saturated rings. The summed E-state index contributed by atoms with van der Waals surface area (Å²) in [6.07, 6.45) is -2.68. The maximum Gasteiger partial charge on any atom is 0.416 e. The quantitative estimate of drug-likeness (QED) is 0.753. The topological polar surface area (TPSA) is 37.5 Å². The van der Waals surface area contributed by atoms with Gasteiger partial charge in [-0.25, -0.2) is 0 Å². The number of hydrogen-bond acceptors (Lipinski definition) is 3. The van der Waals surface area contributed by atoms with Crippen LogP contribution < -0.4 is 5.32 Å². The summed E-state index contributed by atoms with van der Waals surface area (Å²) in [5.41, 5.74) is 0.914. The van der Waals surface area contributed by atoms with Gasteiger partial charge in [-0.1, -0.05) is 18.2 Å². The molecule has 0 aliphatic carbocycles. The number of benzene rings is 2. The van der Waals surface area contributed by atoms with Crippen LogP contribution in [0.2, 0.25) is 0 Å². The van der Waals surface area contributed by atoms with E-state index in [1.165, 1.54) is 12.1 Å². The summed E-state index contributed by atoms with van der Waals surface area (Å²) in [5.74, 6) is 1.44. The fourth-order valence-electron chi connectivity index (χ4n) is 2.82. The second-order valence-electron chi connectivity index (χ2n) is 5.60. The lowest BCUT2D eigenvalue weighted by Gasteiger charge is -2.08. The van der Waals surface area contributed by atoms with Crippen LogP contribution in [0.5, 0.6) is 0 Å². The summed E-state index contributed by atoms with van der Waals surface area (Å²) in [6.45, 7) is 1.52. The zero-order valence-electron chi connectivity index (χ0n) is 12.5. The summed E-state index contributed by atoms with van der Waals surface area (Å²) in [7, 11) is 0. The minimum absolute atomic E-state index is 0.650. The lowest BCUT2D eigenvalue weighted by atomic mass is 10.0. The first-order valence-electron chi connectivity index (χ1n) is 7.50. The fourth-order valence-corrected chi connectivity index (χ4v) is 2.82. The molecule has 1 N–H and O–H groups in total. The van der Waals surface area contributed by atoms with E-state index in [1.807, 2.05) is 18.2 Å². The Balaban J connectivity index is 1.71. The molecule has 2 heterocycles. The van der Waals surface area contributed by atoms with Gasteiger partial charge in [0, 0.05) is 17.3 Å². The van der Waals surface area contributed by atoms with E-state index >= 15 is 0 Å². The van der Waals surface area contributed by atoms with E-state index in [1.54, 1.807) is 6.26 Å². The molecule has 0 radical (unpaired) electrons. The molecule has 24 heavy (non-hydrogen) atoms. The van der Waals surface area contributed by atoms with Crippen LogP contribution in [0.4, 0.5) is 13.2 Å². The highest BCUT2D eigenvalue weighted by molar-refractivity contribution is 6.08. The predicted molar refractivity (Wildman–Crippen MR) is 86.1 cm³/mol. The Morgan fingerprint density at radius 3 is 2.42 bits per heavy atom. The highest BCUT2D eigenvalue weighted by Crippen LogP contribution is 2.32. The Morgan fingerprint density at radius 1 is 1.00 bits per heavy atom. The molecule has 0 bridgehead atoms. The van der Waals surface area contributed by atoms with Gasteiger partial charge in [0.15, 0.2) is 11.6 Å². The molecule has 0 saturated carbocycles. The molecule has 0 spiro atoms. The molecule has 0 atom stereocenters. The van der Waals surface area contributed by atoms with Crippen molar-refractivity contribution in [3.63, 3.8) is 0 Å². The minimum Gasteiger partial charge on any atom is -0.460 e. The van der Waals surface area contributed by atoms with E-state index < -0.39 is 11.7 Å². The molecule has 1 aliphatic rings. The summed E-state index contributed by atoms with van der Waals surface area (Å²) in [6, 6.07) is 10.8. The molecular weight excluding hydrogens is 317 g/mol. The van der Waals surface area contributed by atoms with Crippen molar-refractivity contribution in [2.45, 2.75) is 6.18 Å². The number of furan rings is 1. The largest absolute Gasteiger partial charge is 0.460 e. The minimum atomic E-state index is -4.32. The van der Waals surface area contributed by atoms with Crippen molar-refractivity contribution in [1.82, 2.24) is 5.32 Å². The van der Waals surface area contributed by atoms with Gasteiger partial charge in [-0.2, -0.15) is 13.2 Å². The zero-order chi connectivity index (χ0) is 16.7. The number of alkyl halides is 3. The zero-order valence-corrected chi connectivity index (χ0v) is 12.5. The second kappa shape index (κ2) is 5.40. The summed E-state index contributed by atoms with van der Waals surface area (Å²) >= 11 is 0. The van der Waals surface area contributed by atoms with E-state index in [0.29, 0.717) is 5.76 Å². The number of hydrogen-bond donors (Lipinski definition) is 1. The number of amidine groups is 1. The number of aliphatic imine (C=N–C) groups is 1. The molecule has 1 aromatic heterocycles. The summed E-state index contributed by atoms with van der Waals surface area (Å²) in [5, 5.41) is 4.98. The Hall–Kier alpha value is -2.76. The van der Waals surface area contributed by atoms with Gasteiger partial charge in [-0.3, -0.25) is 4.99 Å². The van der Waals surface area contributed by atoms with Gasteiger partial charge in [-0.15, -0.1) is 0 Å². The van der Waals surface area contributed by atoms with E-state index in [2.05, 4.69) is 10.3 Å². The Bertz CT molecular complexity index is 924. The first kappa shape index (κ1) is 14.8. The number of nitrogens with zero attached hydrogens (tertiary/aromatic N) is 1. The van der Waals surface area contributed by atoms with Crippen molar-refractivity contribution < 1.29 is 17.6 Å². The lowest BCUT2D eigenvalue weighted by Crippen LogP contribution is -2.18. The third-order valence-electron chi connectivity index (χ3n) is 4.03. The molecule has 1 aliphatic heterocycles. The maximum absolute atomic E-state index is 12.7. The third-order valence-corrected chi connectivity index (χ3v) is 4.03. The van der Waals surface area contributed by atoms with Crippen molar-refractivity contribution in [2.24, 2.45) is 4.99 Å². The SMILES string of the molecule is FC(F)(F)c1ccc(-c2ccc3c(C4=NCCN4)occ3c2)cc1. The van der Waals surface area contributed by atoms with Crippen LogP contribution in [-0.4, -0.2) is 18.9 Å². The van der Waals surface area contributed by atoms with Crippen molar-refractivity contribution >= 4 is 16.6 Å². The smallest absolute Gasteiger partial charge is 0.416 e. The number of nitrogens with one attached hydrogen (secondary N) is 1. The van der Waals surface area contributed by atoms with Gasteiger partial charge >= 0.3 is 6.18 Å². The summed E-state index contributed by atoms with van der Waals surface area (Å²) in [4.78, 5) is 4.35. The molecule has 3 aromatic rings. The average molecular weight is 330 g/mol. The van der Waals surface area contributed by atoms with E-state index in [4.69, 9.17) is 4.42 Å². The molecule has 4 rings (SSSR count). The normalized spacial score (nSPS) is 14.7. The van der Waals surface area contributed by atoms with Gasteiger partial charge in [0.25, 0.3) is 0 Å². The fraction of sp³-hybridized carbons (Fsp3) is 0.167. The van der Waals surface area contributed by atoms with Crippen molar-refractivity contribution in [3.8, 4) is 11.1 Å². The van der Waals surface area contributed by atoms with Crippen LogP contribution in [-0.2, 0) is 6.18 Å². The van der Waals surface area contributed by atoms with Gasteiger partial charge in [-0.05, 0) is 35.4 Å². The van der Waals surface area contributed by atoms with Crippen LogP contribution in [0.25, 0.3) is 21.9 Å². The monoisotopic (exact) mass is 330 g/mol. The van der Waals surface area contributed by atoms with Crippen LogP contribution >= 0.6 is 0 Å². The van der Waals surface area contributed by atoms with E-state index in [9.17, 15) is 13.2 Å². The summed E-state index contributed by atoms with van der Waals surface area (Å²) < 4.78 is 43.6. The standard InChI is InChI=1S/C18H13F3N2O/c19-18(20,21)14-4-1-11(2-5-14)12-3-6-15-13(9-12)10-24-16(15)17-22-7-8-23-17/h1-6,9-10H,7-8H2,(H,22,23). The molecule has 2 aromatic carbocycles. The number of fused-ring (bicyclic) bond motifs is 1. The van der Waals surface area contributed by atoms with Crippen molar-refractivity contribution in [2.75, 3.05) is 13.1 Å². The van der Waals surface area contributed by atoms with Crippen LogP contribution in [0, 0.1) is 0 Å². The van der Waals surface area contributed by atoms with Gasteiger partial charge in [0.2, 0.25) is 0 Å². The second-order valence-corrected chi connectivity index (χ2v) is 5.60. The van der Waals surface area contributed by atoms with E-state index in [0.717, 1.165) is 53.0 Å². The lowest BCUT2D eigenvalue weighted by molar-refractivity contribution is -0.137. The Labute approximate surface area is 135 Å². The molecule has 3 nitrogen and oxygen atoms in total. The van der Waals surface area contributed by atoms with Crippen LogP contribution in [0.15, 0.2) is 58.1 Å². The van der Waals surface area contributed by atoms with Crippen molar-refractivity contribution in [1.29, 1.82) is 0 Å². The third kappa shape index (κ3) is 2.54. The molecule has 0 saturated heterocycles. The Kier molecular flexibility index (Phi) is 3.33. The number of halogens is 3. The highest BCUT2D eigenvalue weighted by atomic mass is 19.4. The van der Waals surface area contributed by atoms with Crippen molar-refractivity contribution in [3.05, 3.63) is 60.1 Å². The highest BCUT2D eigenvalue weighted by Gasteiger charge is 2.30.